The lowest BCUT2D eigenvalue weighted by atomic mass is 10.1. The fourth-order valence-corrected chi connectivity index (χ4v) is 1.62. The second-order valence-electron chi connectivity index (χ2n) is 4.00. The highest BCUT2D eigenvalue weighted by Crippen LogP contribution is 2.04. The van der Waals surface area contributed by atoms with E-state index in [1.807, 2.05) is 0 Å². The van der Waals surface area contributed by atoms with Crippen molar-refractivity contribution in [3.63, 3.8) is 0 Å². The average molecular weight is 255 g/mol. The van der Waals surface area contributed by atoms with Crippen LogP contribution < -0.4 is 0 Å². The standard InChI is InChI=1S/C15H15O2Si/c1-17-15(16)14-10-8-13(9-11-14)7-5-4-6-12-18(2)3/h8-11H,12H2,1-3H3. The van der Waals surface area contributed by atoms with Gasteiger partial charge in [-0.25, -0.2) is 4.79 Å². The summed E-state index contributed by atoms with van der Waals surface area (Å²) in [7, 11) is 1.07. The molecule has 0 heterocycles. The maximum absolute atomic E-state index is 11.2. The fourth-order valence-electron chi connectivity index (χ4n) is 1.18. The van der Waals surface area contributed by atoms with Crippen molar-refractivity contribution < 1.29 is 9.53 Å². The van der Waals surface area contributed by atoms with E-state index >= 15 is 0 Å². The van der Waals surface area contributed by atoms with Crippen LogP contribution in [0.3, 0.4) is 0 Å². The molecule has 0 aliphatic heterocycles. The summed E-state index contributed by atoms with van der Waals surface area (Å²) in [6.45, 7) is 4.44. The van der Waals surface area contributed by atoms with E-state index in [9.17, 15) is 4.79 Å². The summed E-state index contributed by atoms with van der Waals surface area (Å²) in [5.74, 6) is 11.3. The van der Waals surface area contributed by atoms with Gasteiger partial charge in [0.2, 0.25) is 0 Å². The Bertz CT molecular complexity index is 522. The quantitative estimate of drug-likeness (QED) is 0.461. The van der Waals surface area contributed by atoms with Crippen LogP contribution in [0.1, 0.15) is 15.9 Å². The molecule has 0 amide bonds. The number of benzene rings is 1. The van der Waals surface area contributed by atoms with Crippen LogP contribution in [0.25, 0.3) is 0 Å². The van der Waals surface area contributed by atoms with Crippen LogP contribution in [0.2, 0.25) is 19.1 Å². The molecular formula is C15H15O2Si. The number of ether oxygens (including phenoxy) is 1. The molecule has 0 aromatic heterocycles. The molecule has 0 bridgehead atoms. The zero-order valence-corrected chi connectivity index (χ0v) is 11.8. The molecule has 0 aliphatic rings. The molecule has 1 radical (unpaired) electrons. The van der Waals surface area contributed by atoms with Gasteiger partial charge in [0.1, 0.15) is 0 Å². The normalized spacial score (nSPS) is 8.89. The third-order valence-corrected chi connectivity index (χ3v) is 2.99. The maximum Gasteiger partial charge on any atom is 0.337 e. The monoisotopic (exact) mass is 255 g/mol. The Labute approximate surface area is 110 Å². The number of hydrogen-bond acceptors (Lipinski definition) is 2. The van der Waals surface area contributed by atoms with Crippen LogP contribution in [0.5, 0.6) is 0 Å². The summed E-state index contributed by atoms with van der Waals surface area (Å²) in [6.07, 6.45) is 0. The minimum absolute atomic E-state index is 0.290. The maximum atomic E-state index is 11.2. The van der Waals surface area contributed by atoms with Gasteiger partial charge >= 0.3 is 5.97 Å². The predicted molar refractivity (Wildman–Crippen MR) is 74.7 cm³/mol. The van der Waals surface area contributed by atoms with Crippen molar-refractivity contribution in [3.05, 3.63) is 35.4 Å². The molecule has 2 nitrogen and oxygen atoms in total. The van der Waals surface area contributed by atoms with E-state index in [-0.39, 0.29) is 14.8 Å². The SMILES string of the molecule is COC(=O)c1ccc(C#CC#CC[Si](C)C)cc1. The van der Waals surface area contributed by atoms with Crippen molar-refractivity contribution in [2.45, 2.75) is 19.1 Å². The Morgan fingerprint density at radius 3 is 2.44 bits per heavy atom. The minimum Gasteiger partial charge on any atom is -0.465 e. The molecule has 1 aromatic carbocycles. The van der Waals surface area contributed by atoms with Crippen molar-refractivity contribution in [1.29, 1.82) is 0 Å². The first kappa shape index (κ1) is 14.1. The highest BCUT2D eigenvalue weighted by Gasteiger charge is 2.02. The van der Waals surface area contributed by atoms with Crippen LogP contribution in [0.4, 0.5) is 0 Å². The third-order valence-electron chi connectivity index (χ3n) is 2.11. The van der Waals surface area contributed by atoms with Gasteiger partial charge in [-0.3, -0.25) is 0 Å². The average Bonchev–Trinajstić information content (AvgIpc) is 2.38. The van der Waals surface area contributed by atoms with E-state index in [1.54, 1.807) is 24.3 Å². The van der Waals surface area contributed by atoms with Crippen LogP contribution in [-0.2, 0) is 4.74 Å². The number of hydrogen-bond donors (Lipinski definition) is 0. The molecule has 18 heavy (non-hydrogen) atoms. The minimum atomic E-state index is -0.338. The highest BCUT2D eigenvalue weighted by atomic mass is 28.3. The summed E-state index contributed by atoms with van der Waals surface area (Å²) in [4.78, 5) is 11.2. The number of carbonyl (C=O) groups is 1. The Hall–Kier alpha value is -1.97. The molecule has 0 saturated heterocycles. The molecule has 0 atom stereocenters. The van der Waals surface area contributed by atoms with E-state index < -0.39 is 0 Å². The van der Waals surface area contributed by atoms with Crippen molar-refractivity contribution in [2.75, 3.05) is 7.11 Å². The van der Waals surface area contributed by atoms with Gasteiger partial charge in [0, 0.05) is 11.6 Å². The number of rotatable bonds is 2. The first-order valence-electron chi connectivity index (χ1n) is 5.59. The summed E-state index contributed by atoms with van der Waals surface area (Å²) in [5.41, 5.74) is 1.37. The lowest BCUT2D eigenvalue weighted by molar-refractivity contribution is 0.0601. The van der Waals surface area contributed by atoms with Crippen LogP contribution in [0.15, 0.2) is 24.3 Å². The predicted octanol–water partition coefficient (Wildman–Crippen LogP) is 2.58. The van der Waals surface area contributed by atoms with Gasteiger partial charge in [0.05, 0.1) is 21.5 Å². The van der Waals surface area contributed by atoms with Gasteiger partial charge in [0.25, 0.3) is 0 Å². The van der Waals surface area contributed by atoms with Crippen molar-refractivity contribution in [2.24, 2.45) is 0 Å². The van der Waals surface area contributed by atoms with Crippen LogP contribution >= 0.6 is 0 Å². The lowest BCUT2D eigenvalue weighted by Crippen LogP contribution is -2.00. The molecule has 0 saturated carbocycles. The summed E-state index contributed by atoms with van der Waals surface area (Å²) < 4.78 is 4.62. The summed E-state index contributed by atoms with van der Waals surface area (Å²) in [6, 6.07) is 7.93. The highest BCUT2D eigenvalue weighted by molar-refractivity contribution is 6.56. The van der Waals surface area contributed by atoms with Crippen LogP contribution in [-0.4, -0.2) is 21.9 Å². The summed E-state index contributed by atoms with van der Waals surface area (Å²) >= 11 is 0. The van der Waals surface area contributed by atoms with E-state index in [0.717, 1.165) is 11.6 Å². The van der Waals surface area contributed by atoms with Gasteiger partial charge in [-0.1, -0.05) is 24.9 Å². The Kier molecular flexibility index (Phi) is 5.77. The van der Waals surface area contributed by atoms with E-state index in [1.165, 1.54) is 7.11 Å². The zero-order valence-electron chi connectivity index (χ0n) is 10.8. The van der Waals surface area contributed by atoms with Gasteiger partial charge in [0.15, 0.2) is 0 Å². The Morgan fingerprint density at radius 1 is 1.22 bits per heavy atom. The first-order chi connectivity index (χ1) is 8.63. The second-order valence-corrected chi connectivity index (χ2v) is 6.77. The van der Waals surface area contributed by atoms with Crippen molar-refractivity contribution >= 4 is 14.8 Å². The van der Waals surface area contributed by atoms with E-state index in [0.29, 0.717) is 5.56 Å². The molecular weight excluding hydrogens is 240 g/mol. The van der Waals surface area contributed by atoms with Gasteiger partial charge < -0.3 is 4.74 Å². The van der Waals surface area contributed by atoms with Crippen LogP contribution in [0, 0.1) is 23.7 Å². The molecule has 0 unspecified atom stereocenters. The van der Waals surface area contributed by atoms with E-state index in [2.05, 4.69) is 41.5 Å². The van der Waals surface area contributed by atoms with Crippen molar-refractivity contribution in [1.82, 2.24) is 0 Å². The molecule has 0 fully saturated rings. The number of esters is 1. The molecule has 91 valence electrons. The topological polar surface area (TPSA) is 26.3 Å². The Morgan fingerprint density at radius 2 is 1.89 bits per heavy atom. The smallest absolute Gasteiger partial charge is 0.337 e. The third kappa shape index (κ3) is 4.91. The van der Waals surface area contributed by atoms with E-state index in [4.69, 9.17) is 0 Å². The largest absolute Gasteiger partial charge is 0.465 e. The van der Waals surface area contributed by atoms with Gasteiger partial charge in [-0.05, 0) is 36.1 Å². The summed E-state index contributed by atoms with van der Waals surface area (Å²) in [5, 5.41) is 0. The van der Waals surface area contributed by atoms with Gasteiger partial charge in [-0.15, -0.1) is 0 Å². The zero-order chi connectivity index (χ0) is 13.4. The molecule has 1 rings (SSSR count). The molecule has 1 aromatic rings. The fraction of sp³-hybridized carbons (Fsp3) is 0.267. The molecule has 0 aliphatic carbocycles. The molecule has 3 heteroatoms. The second kappa shape index (κ2) is 7.37. The first-order valence-corrected chi connectivity index (χ1v) is 8.30. The molecule has 0 N–H and O–H groups in total. The molecule has 0 spiro atoms. The lowest BCUT2D eigenvalue weighted by Gasteiger charge is -1.97. The van der Waals surface area contributed by atoms with Gasteiger partial charge in [-0.2, -0.15) is 0 Å². The Balaban J connectivity index is 2.66. The number of methoxy groups -OCH3 is 1. The van der Waals surface area contributed by atoms with Crippen molar-refractivity contribution in [3.8, 4) is 23.7 Å². The number of carbonyl (C=O) groups excluding carboxylic acids is 1.